The largest absolute Gasteiger partial charge is 0.431 e. The summed E-state index contributed by atoms with van der Waals surface area (Å²) < 4.78 is 7.80. The molecular weight excluding hydrogens is 444 g/mol. The minimum Gasteiger partial charge on any atom is -0.431 e. The van der Waals surface area contributed by atoms with Gasteiger partial charge in [0.2, 0.25) is 0 Å². The zero-order valence-corrected chi connectivity index (χ0v) is 19.3. The molecule has 2 aromatic heterocycles. The average Bonchev–Trinajstić information content (AvgIpc) is 3.61. The maximum atomic E-state index is 13.6. The van der Waals surface area contributed by atoms with Gasteiger partial charge in [0.05, 0.1) is 11.1 Å². The predicted molar refractivity (Wildman–Crippen MR) is 132 cm³/mol. The number of hydrogen-bond acceptors (Lipinski definition) is 7. The molecule has 0 bridgehead atoms. The standard InChI is InChI=1S/C26H24N6O3/c1-14-18(15-2-7-20(28)16(12-15)13-27)5-6-19-22(14)32(17-3-4-17)25(33)21-23(19)35-24(30-21)26(34)31-10-8-29-9-11-31/h2,5-7,12,17,29H,3-4,8-11,28H2,1H3. The van der Waals surface area contributed by atoms with E-state index in [1.807, 2.05) is 25.1 Å². The molecule has 3 N–H and O–H groups in total. The van der Waals surface area contributed by atoms with Crippen LogP contribution in [0.2, 0.25) is 0 Å². The number of carbonyl (C=O) groups is 1. The van der Waals surface area contributed by atoms with Gasteiger partial charge in [-0.05, 0) is 54.7 Å². The number of nitrogens with zero attached hydrogens (tertiary/aromatic N) is 4. The molecule has 1 aliphatic heterocycles. The molecule has 4 aromatic rings. The fourth-order valence-electron chi connectivity index (χ4n) is 4.97. The molecule has 2 aromatic carbocycles. The van der Waals surface area contributed by atoms with Crippen LogP contribution in [0.15, 0.2) is 39.5 Å². The number of nitriles is 1. The highest BCUT2D eigenvalue weighted by Crippen LogP contribution is 2.40. The third-order valence-electron chi connectivity index (χ3n) is 6.95. The van der Waals surface area contributed by atoms with Crippen molar-refractivity contribution in [2.75, 3.05) is 31.9 Å². The maximum Gasteiger partial charge on any atom is 0.309 e. The van der Waals surface area contributed by atoms with Crippen molar-refractivity contribution in [1.29, 1.82) is 5.26 Å². The van der Waals surface area contributed by atoms with E-state index in [9.17, 15) is 14.9 Å². The summed E-state index contributed by atoms with van der Waals surface area (Å²) in [5.74, 6) is -0.347. The van der Waals surface area contributed by atoms with E-state index in [4.69, 9.17) is 10.2 Å². The van der Waals surface area contributed by atoms with Crippen LogP contribution in [-0.4, -0.2) is 46.5 Å². The first kappa shape index (κ1) is 21.4. The molecule has 2 fully saturated rings. The van der Waals surface area contributed by atoms with E-state index in [0.717, 1.165) is 40.4 Å². The number of oxazole rings is 1. The number of amides is 1. The number of aryl methyl sites for hydroxylation is 1. The molecule has 6 rings (SSSR count). The van der Waals surface area contributed by atoms with Gasteiger partial charge in [-0.3, -0.25) is 9.59 Å². The van der Waals surface area contributed by atoms with Gasteiger partial charge in [-0.25, -0.2) is 0 Å². The second-order valence-corrected chi connectivity index (χ2v) is 9.19. The van der Waals surface area contributed by atoms with Crippen LogP contribution in [0.3, 0.4) is 0 Å². The van der Waals surface area contributed by atoms with Crippen molar-refractivity contribution in [2.45, 2.75) is 25.8 Å². The van der Waals surface area contributed by atoms with E-state index in [-0.39, 0.29) is 28.9 Å². The Kier molecular flexibility index (Phi) is 4.86. The normalized spacial score (nSPS) is 16.1. The van der Waals surface area contributed by atoms with E-state index >= 15 is 0 Å². The first-order valence-electron chi connectivity index (χ1n) is 11.8. The molecule has 9 nitrogen and oxygen atoms in total. The first-order chi connectivity index (χ1) is 17.0. The lowest BCUT2D eigenvalue weighted by Gasteiger charge is -2.25. The lowest BCUT2D eigenvalue weighted by molar-refractivity contribution is 0.0698. The van der Waals surface area contributed by atoms with Crippen molar-refractivity contribution < 1.29 is 9.21 Å². The number of carbonyl (C=O) groups excluding carboxylic acids is 1. The third kappa shape index (κ3) is 3.37. The van der Waals surface area contributed by atoms with Crippen LogP contribution in [0.25, 0.3) is 33.1 Å². The Hall–Kier alpha value is -4.16. The van der Waals surface area contributed by atoms with Gasteiger partial charge in [-0.15, -0.1) is 0 Å². The highest BCUT2D eigenvalue weighted by atomic mass is 16.4. The molecule has 0 spiro atoms. The lowest BCUT2D eigenvalue weighted by atomic mass is 9.95. The minimum absolute atomic E-state index is 0.0484. The fourth-order valence-corrected chi connectivity index (χ4v) is 4.97. The van der Waals surface area contributed by atoms with Gasteiger partial charge in [0.25, 0.3) is 11.4 Å². The van der Waals surface area contributed by atoms with E-state index in [0.29, 0.717) is 43.0 Å². The molecule has 1 aliphatic carbocycles. The summed E-state index contributed by atoms with van der Waals surface area (Å²) in [6.45, 7) is 4.53. The van der Waals surface area contributed by atoms with E-state index in [1.54, 1.807) is 21.6 Å². The summed E-state index contributed by atoms with van der Waals surface area (Å²) in [5.41, 5.74) is 10.5. The smallest absolute Gasteiger partial charge is 0.309 e. The van der Waals surface area contributed by atoms with Gasteiger partial charge in [-0.2, -0.15) is 10.2 Å². The minimum atomic E-state index is -0.299. The topological polar surface area (TPSA) is 130 Å². The number of aromatic nitrogens is 2. The molecule has 1 saturated carbocycles. The Morgan fingerprint density at radius 2 is 2.00 bits per heavy atom. The summed E-state index contributed by atoms with van der Waals surface area (Å²) in [7, 11) is 0. The average molecular weight is 469 g/mol. The predicted octanol–water partition coefficient (Wildman–Crippen LogP) is 2.95. The zero-order valence-electron chi connectivity index (χ0n) is 19.3. The highest BCUT2D eigenvalue weighted by molar-refractivity contribution is 6.05. The number of rotatable bonds is 3. The number of nitrogens with two attached hydrogens (primary N) is 1. The summed E-state index contributed by atoms with van der Waals surface area (Å²) in [5, 5.41) is 13.4. The molecule has 0 atom stereocenters. The Labute approximate surface area is 200 Å². The molecule has 2 aliphatic rings. The number of anilines is 1. The van der Waals surface area contributed by atoms with Crippen LogP contribution >= 0.6 is 0 Å². The molecule has 35 heavy (non-hydrogen) atoms. The molecule has 0 unspecified atom stereocenters. The van der Waals surface area contributed by atoms with E-state index in [1.165, 1.54) is 0 Å². The van der Waals surface area contributed by atoms with Gasteiger partial charge in [0, 0.05) is 43.3 Å². The molecule has 3 heterocycles. The van der Waals surface area contributed by atoms with Gasteiger partial charge in [0.15, 0.2) is 11.1 Å². The van der Waals surface area contributed by atoms with Crippen LogP contribution in [0, 0.1) is 18.3 Å². The van der Waals surface area contributed by atoms with Crippen molar-refractivity contribution in [2.24, 2.45) is 0 Å². The number of piperazine rings is 1. The van der Waals surface area contributed by atoms with Gasteiger partial charge >= 0.3 is 5.91 Å². The molecule has 1 saturated heterocycles. The number of hydrogen-bond donors (Lipinski definition) is 2. The third-order valence-corrected chi connectivity index (χ3v) is 6.95. The van der Waals surface area contributed by atoms with Crippen LogP contribution in [0.5, 0.6) is 0 Å². The van der Waals surface area contributed by atoms with Crippen molar-refractivity contribution in [3.63, 3.8) is 0 Å². The quantitative estimate of drug-likeness (QED) is 0.442. The maximum absolute atomic E-state index is 13.6. The Balaban J connectivity index is 1.58. The summed E-state index contributed by atoms with van der Waals surface area (Å²) in [4.78, 5) is 32.7. The second-order valence-electron chi connectivity index (χ2n) is 9.19. The fraction of sp³-hybridized carbons (Fsp3) is 0.308. The SMILES string of the molecule is Cc1c(-c2ccc(N)c(C#N)c2)ccc2c3oc(C(=O)N4CCNCC4)nc3c(=O)n(C3CC3)c12. The zero-order chi connectivity index (χ0) is 24.3. The van der Waals surface area contributed by atoms with Crippen LogP contribution in [0.1, 0.15) is 40.7 Å². The number of pyridine rings is 1. The highest BCUT2D eigenvalue weighted by Gasteiger charge is 2.31. The van der Waals surface area contributed by atoms with Gasteiger partial charge < -0.3 is 24.9 Å². The molecule has 176 valence electrons. The molecular formula is C26H24N6O3. The van der Waals surface area contributed by atoms with Gasteiger partial charge in [-0.1, -0.05) is 12.1 Å². The number of nitrogen functional groups attached to an aromatic ring is 1. The van der Waals surface area contributed by atoms with Crippen LogP contribution < -0.4 is 16.6 Å². The molecule has 0 radical (unpaired) electrons. The van der Waals surface area contributed by atoms with Crippen molar-refractivity contribution in [1.82, 2.24) is 19.8 Å². The second kappa shape index (κ2) is 7.96. The first-order valence-corrected chi connectivity index (χ1v) is 11.8. The monoisotopic (exact) mass is 468 g/mol. The van der Waals surface area contributed by atoms with E-state index < -0.39 is 0 Å². The summed E-state index contributed by atoms with van der Waals surface area (Å²) in [6.07, 6.45) is 1.82. The lowest BCUT2D eigenvalue weighted by Crippen LogP contribution is -2.46. The Morgan fingerprint density at radius 1 is 1.23 bits per heavy atom. The van der Waals surface area contributed by atoms with Crippen molar-refractivity contribution in [3.05, 3.63) is 57.7 Å². The number of benzene rings is 2. The number of fused-ring (bicyclic) bond motifs is 3. The Morgan fingerprint density at radius 3 is 2.71 bits per heavy atom. The molecule has 9 heteroatoms. The van der Waals surface area contributed by atoms with Gasteiger partial charge in [0.1, 0.15) is 6.07 Å². The summed E-state index contributed by atoms with van der Waals surface area (Å²) >= 11 is 0. The van der Waals surface area contributed by atoms with Crippen molar-refractivity contribution in [3.8, 4) is 17.2 Å². The van der Waals surface area contributed by atoms with Crippen LogP contribution in [-0.2, 0) is 0 Å². The Bertz CT molecular complexity index is 1620. The number of nitrogens with one attached hydrogen (secondary N) is 1. The van der Waals surface area contributed by atoms with E-state index in [2.05, 4.69) is 16.4 Å². The van der Waals surface area contributed by atoms with Crippen LogP contribution in [0.4, 0.5) is 5.69 Å². The van der Waals surface area contributed by atoms with Crippen molar-refractivity contribution >= 4 is 33.6 Å². The molecule has 1 amide bonds. The summed E-state index contributed by atoms with van der Waals surface area (Å²) in [6, 6.07) is 11.4.